The average Bonchev–Trinajstić information content (AvgIpc) is 3.21. The van der Waals surface area contributed by atoms with Crippen molar-refractivity contribution in [2.45, 2.75) is 20.0 Å². The Bertz CT molecular complexity index is 1010. The molecule has 1 aliphatic rings. The standard InChI is InChI=1S/C25H28N4OS/c1-20-11-16-31-24(20)17-26-27-25(30)23-9-7-22(8-10-23)19-29-14-12-28(13-15-29)18-21-5-3-2-4-6-21/h2-11,16-17H,12-15,18-19H2,1H3,(H,27,30)/b26-17-. The number of nitrogens with zero attached hydrogens (tertiary/aromatic N) is 3. The molecule has 0 aliphatic carbocycles. The molecule has 0 saturated carbocycles. The highest BCUT2D eigenvalue weighted by Crippen LogP contribution is 2.14. The number of aryl methyl sites for hydroxylation is 1. The number of thiophene rings is 1. The Balaban J connectivity index is 1.23. The van der Waals surface area contributed by atoms with Crippen LogP contribution in [0.4, 0.5) is 0 Å². The van der Waals surface area contributed by atoms with E-state index in [2.05, 4.69) is 50.7 Å². The van der Waals surface area contributed by atoms with Crippen LogP contribution >= 0.6 is 11.3 Å². The molecule has 31 heavy (non-hydrogen) atoms. The van der Waals surface area contributed by atoms with Crippen LogP contribution in [0.1, 0.15) is 31.9 Å². The first-order chi connectivity index (χ1) is 15.2. The number of carbonyl (C=O) groups excluding carboxylic acids is 1. The SMILES string of the molecule is Cc1ccsc1/C=N\NC(=O)c1ccc(CN2CCN(Cc3ccccc3)CC2)cc1. The van der Waals surface area contributed by atoms with Gasteiger partial charge < -0.3 is 0 Å². The molecule has 1 saturated heterocycles. The largest absolute Gasteiger partial charge is 0.297 e. The number of hydrogen-bond acceptors (Lipinski definition) is 5. The summed E-state index contributed by atoms with van der Waals surface area (Å²) < 4.78 is 0. The summed E-state index contributed by atoms with van der Waals surface area (Å²) in [5.74, 6) is -0.188. The third-order valence-electron chi connectivity index (χ3n) is 5.59. The maximum Gasteiger partial charge on any atom is 0.271 e. The molecule has 160 valence electrons. The molecule has 2 heterocycles. The van der Waals surface area contributed by atoms with E-state index in [-0.39, 0.29) is 5.91 Å². The van der Waals surface area contributed by atoms with Gasteiger partial charge in [-0.05, 0) is 47.2 Å². The Hall–Kier alpha value is -2.80. The molecule has 1 amide bonds. The zero-order valence-corrected chi connectivity index (χ0v) is 18.6. The molecule has 0 spiro atoms. The Kier molecular flexibility index (Phi) is 7.25. The number of amides is 1. The van der Waals surface area contributed by atoms with Crippen LogP contribution in [0.2, 0.25) is 0 Å². The average molecular weight is 433 g/mol. The van der Waals surface area contributed by atoms with E-state index >= 15 is 0 Å². The van der Waals surface area contributed by atoms with E-state index in [0.29, 0.717) is 5.56 Å². The first-order valence-electron chi connectivity index (χ1n) is 10.6. The van der Waals surface area contributed by atoms with Crippen LogP contribution in [0.3, 0.4) is 0 Å². The fourth-order valence-electron chi connectivity index (χ4n) is 3.70. The smallest absolute Gasteiger partial charge is 0.271 e. The van der Waals surface area contributed by atoms with Crippen molar-refractivity contribution >= 4 is 23.5 Å². The van der Waals surface area contributed by atoms with E-state index in [1.165, 1.54) is 11.1 Å². The summed E-state index contributed by atoms with van der Waals surface area (Å²) in [6.07, 6.45) is 1.70. The summed E-state index contributed by atoms with van der Waals surface area (Å²) in [5.41, 5.74) is 7.00. The monoisotopic (exact) mass is 432 g/mol. The Morgan fingerprint density at radius 1 is 0.935 bits per heavy atom. The number of carbonyl (C=O) groups is 1. The second kappa shape index (κ2) is 10.5. The molecule has 1 fully saturated rings. The Morgan fingerprint density at radius 3 is 2.13 bits per heavy atom. The molecule has 0 atom stereocenters. The number of piperazine rings is 1. The Labute approximate surface area is 188 Å². The zero-order valence-electron chi connectivity index (χ0n) is 17.8. The second-order valence-corrected chi connectivity index (χ2v) is 8.85. The van der Waals surface area contributed by atoms with Crippen molar-refractivity contribution in [3.05, 3.63) is 93.2 Å². The maximum atomic E-state index is 12.3. The second-order valence-electron chi connectivity index (χ2n) is 7.90. The lowest BCUT2D eigenvalue weighted by atomic mass is 10.1. The van der Waals surface area contributed by atoms with Crippen molar-refractivity contribution in [1.82, 2.24) is 15.2 Å². The molecular weight excluding hydrogens is 404 g/mol. The van der Waals surface area contributed by atoms with Crippen LogP contribution in [-0.2, 0) is 13.1 Å². The topological polar surface area (TPSA) is 47.9 Å². The van der Waals surface area contributed by atoms with E-state index in [0.717, 1.165) is 49.7 Å². The summed E-state index contributed by atoms with van der Waals surface area (Å²) in [4.78, 5) is 18.4. The molecule has 0 unspecified atom stereocenters. The van der Waals surface area contributed by atoms with Gasteiger partial charge in [-0.25, -0.2) is 5.43 Å². The van der Waals surface area contributed by atoms with Gasteiger partial charge in [0.05, 0.1) is 6.21 Å². The van der Waals surface area contributed by atoms with Crippen molar-refractivity contribution in [3.8, 4) is 0 Å². The van der Waals surface area contributed by atoms with Crippen molar-refractivity contribution in [2.75, 3.05) is 26.2 Å². The first kappa shape index (κ1) is 21.4. The summed E-state index contributed by atoms with van der Waals surface area (Å²) in [6.45, 7) is 8.25. The molecule has 2 aromatic carbocycles. The normalized spacial score (nSPS) is 15.4. The van der Waals surface area contributed by atoms with Crippen LogP contribution in [0, 0.1) is 6.92 Å². The molecule has 0 bridgehead atoms. The quantitative estimate of drug-likeness (QED) is 0.451. The van der Waals surface area contributed by atoms with Crippen LogP contribution in [0.25, 0.3) is 0 Å². The highest BCUT2D eigenvalue weighted by atomic mass is 32.1. The summed E-state index contributed by atoms with van der Waals surface area (Å²) >= 11 is 1.61. The summed E-state index contributed by atoms with van der Waals surface area (Å²) in [6, 6.07) is 20.5. The zero-order chi connectivity index (χ0) is 21.5. The van der Waals surface area contributed by atoms with Crippen molar-refractivity contribution < 1.29 is 4.79 Å². The molecule has 0 radical (unpaired) electrons. The Morgan fingerprint density at radius 2 is 1.55 bits per heavy atom. The van der Waals surface area contributed by atoms with Crippen LogP contribution in [0.5, 0.6) is 0 Å². The molecule has 5 nitrogen and oxygen atoms in total. The van der Waals surface area contributed by atoms with E-state index in [4.69, 9.17) is 0 Å². The van der Waals surface area contributed by atoms with E-state index < -0.39 is 0 Å². The predicted molar refractivity (Wildman–Crippen MR) is 128 cm³/mol. The molecule has 4 rings (SSSR count). The van der Waals surface area contributed by atoms with Gasteiger partial charge in [0.2, 0.25) is 0 Å². The minimum Gasteiger partial charge on any atom is -0.297 e. The van der Waals surface area contributed by atoms with Gasteiger partial charge in [0.15, 0.2) is 0 Å². The fourth-order valence-corrected chi connectivity index (χ4v) is 4.48. The van der Waals surface area contributed by atoms with Crippen molar-refractivity contribution in [1.29, 1.82) is 0 Å². The van der Waals surface area contributed by atoms with Crippen molar-refractivity contribution in [3.63, 3.8) is 0 Å². The summed E-state index contributed by atoms with van der Waals surface area (Å²) in [7, 11) is 0. The van der Waals surface area contributed by atoms with Gasteiger partial charge in [-0.1, -0.05) is 42.5 Å². The minimum absolute atomic E-state index is 0.188. The number of nitrogens with one attached hydrogen (secondary N) is 1. The van der Waals surface area contributed by atoms with Gasteiger partial charge >= 0.3 is 0 Å². The molecular formula is C25H28N4OS. The number of hydrogen-bond donors (Lipinski definition) is 1. The van der Waals surface area contributed by atoms with Gasteiger partial charge in [0.1, 0.15) is 0 Å². The lowest BCUT2D eigenvalue weighted by molar-refractivity contribution is 0.0955. The van der Waals surface area contributed by atoms with Crippen LogP contribution in [-0.4, -0.2) is 48.1 Å². The first-order valence-corrected chi connectivity index (χ1v) is 11.5. The third kappa shape index (κ3) is 6.10. The van der Waals surface area contributed by atoms with Crippen LogP contribution in [0.15, 0.2) is 71.1 Å². The fraction of sp³-hybridized carbons (Fsp3) is 0.280. The van der Waals surface area contributed by atoms with Gasteiger partial charge in [0.25, 0.3) is 5.91 Å². The predicted octanol–water partition coefficient (Wildman–Crippen LogP) is 4.14. The molecule has 1 aromatic heterocycles. The number of hydrazone groups is 1. The van der Waals surface area contributed by atoms with Crippen LogP contribution < -0.4 is 5.43 Å². The molecule has 6 heteroatoms. The lowest BCUT2D eigenvalue weighted by Gasteiger charge is -2.34. The van der Waals surface area contributed by atoms with Gasteiger partial charge in [-0.3, -0.25) is 14.6 Å². The highest BCUT2D eigenvalue weighted by molar-refractivity contribution is 7.11. The lowest BCUT2D eigenvalue weighted by Crippen LogP contribution is -2.45. The number of benzene rings is 2. The van der Waals surface area contributed by atoms with Gasteiger partial charge in [-0.2, -0.15) is 5.10 Å². The van der Waals surface area contributed by atoms with E-state index in [1.807, 2.05) is 42.6 Å². The third-order valence-corrected chi connectivity index (χ3v) is 6.54. The van der Waals surface area contributed by atoms with Gasteiger partial charge in [-0.15, -0.1) is 11.3 Å². The molecule has 1 aliphatic heterocycles. The minimum atomic E-state index is -0.188. The molecule has 3 aromatic rings. The molecule has 1 N–H and O–H groups in total. The van der Waals surface area contributed by atoms with Crippen molar-refractivity contribution in [2.24, 2.45) is 5.10 Å². The summed E-state index contributed by atoms with van der Waals surface area (Å²) in [5, 5.41) is 6.09. The van der Waals surface area contributed by atoms with E-state index in [1.54, 1.807) is 17.6 Å². The van der Waals surface area contributed by atoms with Gasteiger partial charge in [0, 0.05) is 49.7 Å². The van der Waals surface area contributed by atoms with E-state index in [9.17, 15) is 4.79 Å². The number of rotatable bonds is 7. The highest BCUT2D eigenvalue weighted by Gasteiger charge is 2.17. The maximum absolute atomic E-state index is 12.3.